The molecule has 140 valence electrons. The highest BCUT2D eigenvalue weighted by Crippen LogP contribution is 2.31. The Balaban J connectivity index is 1.53. The maximum atomic E-state index is 12.4. The van der Waals surface area contributed by atoms with E-state index in [1.165, 1.54) is 17.3 Å². The fourth-order valence-electron chi connectivity index (χ4n) is 3.17. The van der Waals surface area contributed by atoms with E-state index >= 15 is 0 Å². The SMILES string of the molecule is CC(C)Cc1ccccc1NC1=NC(=O)C(=Cc2ccc3ncccc3c2)S1. The molecule has 0 atom stereocenters. The second-order valence-electron chi connectivity index (χ2n) is 7.17. The van der Waals surface area contributed by atoms with Gasteiger partial charge >= 0.3 is 0 Å². The van der Waals surface area contributed by atoms with E-state index < -0.39 is 0 Å². The van der Waals surface area contributed by atoms with Gasteiger partial charge in [0.2, 0.25) is 0 Å². The number of fused-ring (bicyclic) bond motifs is 1. The highest BCUT2D eigenvalue weighted by Gasteiger charge is 2.22. The number of aliphatic imine (C=N–C) groups is 1. The molecule has 0 aliphatic carbocycles. The first kappa shape index (κ1) is 18.4. The van der Waals surface area contributed by atoms with Crippen LogP contribution in [-0.2, 0) is 11.2 Å². The van der Waals surface area contributed by atoms with E-state index in [2.05, 4.69) is 35.2 Å². The first-order chi connectivity index (χ1) is 13.6. The number of anilines is 1. The molecule has 1 aliphatic heterocycles. The number of nitrogens with one attached hydrogen (secondary N) is 1. The Morgan fingerprint density at radius 2 is 1.96 bits per heavy atom. The van der Waals surface area contributed by atoms with Crippen molar-refractivity contribution in [3.63, 3.8) is 0 Å². The number of carbonyl (C=O) groups excluding carboxylic acids is 1. The lowest BCUT2D eigenvalue weighted by Gasteiger charge is -2.12. The minimum absolute atomic E-state index is 0.208. The van der Waals surface area contributed by atoms with Gasteiger partial charge in [-0.1, -0.05) is 44.2 Å². The first-order valence-corrected chi connectivity index (χ1v) is 10.1. The Morgan fingerprint density at radius 3 is 2.82 bits per heavy atom. The Bertz CT molecular complexity index is 1100. The minimum atomic E-state index is -0.208. The van der Waals surface area contributed by atoms with Gasteiger partial charge in [0.05, 0.1) is 10.4 Å². The van der Waals surface area contributed by atoms with Crippen LogP contribution in [0.5, 0.6) is 0 Å². The van der Waals surface area contributed by atoms with Crippen molar-refractivity contribution in [2.24, 2.45) is 10.9 Å². The van der Waals surface area contributed by atoms with Gasteiger partial charge in [-0.25, -0.2) is 0 Å². The average Bonchev–Trinajstić information content (AvgIpc) is 3.02. The lowest BCUT2D eigenvalue weighted by Crippen LogP contribution is -2.08. The Labute approximate surface area is 168 Å². The number of para-hydroxylation sites is 1. The molecule has 0 unspecified atom stereocenters. The van der Waals surface area contributed by atoms with E-state index in [4.69, 9.17) is 0 Å². The fraction of sp³-hybridized carbons (Fsp3) is 0.174. The topological polar surface area (TPSA) is 54.4 Å². The van der Waals surface area contributed by atoms with E-state index in [0.29, 0.717) is 16.0 Å². The summed E-state index contributed by atoms with van der Waals surface area (Å²) >= 11 is 1.38. The fourth-order valence-corrected chi connectivity index (χ4v) is 4.00. The van der Waals surface area contributed by atoms with Crippen LogP contribution in [0.15, 0.2) is 70.7 Å². The summed E-state index contributed by atoms with van der Waals surface area (Å²) in [6.07, 6.45) is 4.64. The van der Waals surface area contributed by atoms with Gasteiger partial charge in [-0.15, -0.1) is 0 Å². The zero-order valence-corrected chi connectivity index (χ0v) is 16.7. The van der Waals surface area contributed by atoms with Crippen molar-refractivity contribution >= 4 is 45.5 Å². The van der Waals surface area contributed by atoms with Crippen LogP contribution in [0.1, 0.15) is 25.0 Å². The number of rotatable bonds is 4. The highest BCUT2D eigenvalue weighted by atomic mass is 32.2. The van der Waals surface area contributed by atoms with Crippen molar-refractivity contribution in [2.75, 3.05) is 5.32 Å². The van der Waals surface area contributed by atoms with Gasteiger partial charge in [-0.2, -0.15) is 4.99 Å². The van der Waals surface area contributed by atoms with Crippen molar-refractivity contribution in [3.05, 3.63) is 76.8 Å². The van der Waals surface area contributed by atoms with Crippen LogP contribution in [0.2, 0.25) is 0 Å². The number of pyridine rings is 1. The second-order valence-corrected chi connectivity index (χ2v) is 8.20. The quantitative estimate of drug-likeness (QED) is 0.599. The van der Waals surface area contributed by atoms with Crippen molar-refractivity contribution in [1.29, 1.82) is 0 Å². The number of hydrogen-bond acceptors (Lipinski definition) is 4. The van der Waals surface area contributed by atoms with Gasteiger partial charge in [0.1, 0.15) is 0 Å². The van der Waals surface area contributed by atoms with E-state index in [-0.39, 0.29) is 5.91 Å². The second kappa shape index (κ2) is 7.98. The molecular formula is C23H21N3OS. The van der Waals surface area contributed by atoms with Gasteiger partial charge in [0, 0.05) is 17.3 Å². The van der Waals surface area contributed by atoms with Gasteiger partial charge in [0.15, 0.2) is 5.17 Å². The molecule has 2 heterocycles. The number of carbonyl (C=O) groups is 1. The summed E-state index contributed by atoms with van der Waals surface area (Å²) in [5, 5.41) is 5.00. The van der Waals surface area contributed by atoms with E-state index in [1.807, 2.05) is 54.6 Å². The monoisotopic (exact) mass is 387 g/mol. The first-order valence-electron chi connectivity index (χ1n) is 9.31. The molecule has 3 aromatic rings. The van der Waals surface area contributed by atoms with E-state index in [9.17, 15) is 4.79 Å². The molecule has 0 fully saturated rings. The zero-order chi connectivity index (χ0) is 19.5. The van der Waals surface area contributed by atoms with Crippen LogP contribution in [0.3, 0.4) is 0 Å². The van der Waals surface area contributed by atoms with Crippen LogP contribution >= 0.6 is 11.8 Å². The standard InChI is InChI=1S/C23H21N3OS/c1-15(2)12-17-6-3-4-8-20(17)25-23-26-22(27)21(28-23)14-16-9-10-19-18(13-16)7-5-11-24-19/h3-11,13-15H,12H2,1-2H3,(H,25,26,27). The summed E-state index contributed by atoms with van der Waals surface area (Å²) in [6.45, 7) is 4.39. The van der Waals surface area contributed by atoms with Crippen LogP contribution in [0.25, 0.3) is 17.0 Å². The molecule has 1 aliphatic rings. The van der Waals surface area contributed by atoms with Crippen molar-refractivity contribution in [2.45, 2.75) is 20.3 Å². The summed E-state index contributed by atoms with van der Waals surface area (Å²) < 4.78 is 0. The third-order valence-electron chi connectivity index (χ3n) is 4.43. The van der Waals surface area contributed by atoms with Crippen LogP contribution in [-0.4, -0.2) is 16.1 Å². The number of benzene rings is 2. The Morgan fingerprint density at radius 1 is 1.11 bits per heavy atom. The lowest BCUT2D eigenvalue weighted by molar-refractivity contribution is -0.113. The third-order valence-corrected chi connectivity index (χ3v) is 5.33. The molecule has 2 aromatic carbocycles. The summed E-state index contributed by atoms with van der Waals surface area (Å²) in [6, 6.07) is 18.1. The molecule has 0 spiro atoms. The summed E-state index contributed by atoms with van der Waals surface area (Å²) in [7, 11) is 0. The Hall–Kier alpha value is -2.92. The van der Waals surface area contributed by atoms with Crippen LogP contribution in [0, 0.1) is 5.92 Å². The van der Waals surface area contributed by atoms with Gasteiger partial charge in [-0.3, -0.25) is 9.78 Å². The number of thioether (sulfide) groups is 1. The molecule has 1 aromatic heterocycles. The van der Waals surface area contributed by atoms with Crippen LogP contribution in [0.4, 0.5) is 5.69 Å². The molecule has 1 N–H and O–H groups in total. The molecule has 1 amide bonds. The maximum absolute atomic E-state index is 12.4. The van der Waals surface area contributed by atoms with Crippen molar-refractivity contribution < 1.29 is 4.79 Å². The molecule has 4 nitrogen and oxygen atoms in total. The Kier molecular flexibility index (Phi) is 5.26. The lowest BCUT2D eigenvalue weighted by atomic mass is 10.0. The minimum Gasteiger partial charge on any atom is -0.334 e. The summed E-state index contributed by atoms with van der Waals surface area (Å²) in [5.74, 6) is 0.348. The normalized spacial score (nSPS) is 15.5. The van der Waals surface area contributed by atoms with Gasteiger partial charge < -0.3 is 5.32 Å². The number of amidine groups is 1. The predicted octanol–water partition coefficient (Wildman–Crippen LogP) is 5.52. The van der Waals surface area contributed by atoms with E-state index in [1.54, 1.807) is 6.20 Å². The van der Waals surface area contributed by atoms with Gasteiger partial charge in [0.25, 0.3) is 5.91 Å². The molecule has 28 heavy (non-hydrogen) atoms. The molecule has 0 radical (unpaired) electrons. The molecular weight excluding hydrogens is 366 g/mol. The summed E-state index contributed by atoms with van der Waals surface area (Å²) in [4.78, 5) is 21.5. The molecule has 0 saturated heterocycles. The number of aromatic nitrogens is 1. The molecule has 4 rings (SSSR count). The van der Waals surface area contributed by atoms with E-state index in [0.717, 1.165) is 28.6 Å². The number of nitrogens with zero attached hydrogens (tertiary/aromatic N) is 2. The average molecular weight is 388 g/mol. The highest BCUT2D eigenvalue weighted by molar-refractivity contribution is 8.18. The maximum Gasteiger partial charge on any atom is 0.286 e. The third kappa shape index (κ3) is 4.15. The molecule has 0 saturated carbocycles. The predicted molar refractivity (Wildman–Crippen MR) is 118 cm³/mol. The van der Waals surface area contributed by atoms with Crippen molar-refractivity contribution in [3.8, 4) is 0 Å². The van der Waals surface area contributed by atoms with Gasteiger partial charge in [-0.05, 0) is 65.6 Å². The zero-order valence-electron chi connectivity index (χ0n) is 15.8. The van der Waals surface area contributed by atoms with Crippen LogP contribution < -0.4 is 5.32 Å². The smallest absolute Gasteiger partial charge is 0.286 e. The van der Waals surface area contributed by atoms with Crippen molar-refractivity contribution in [1.82, 2.24) is 4.98 Å². The number of amides is 1. The number of hydrogen-bond donors (Lipinski definition) is 1. The molecule has 0 bridgehead atoms. The molecule has 5 heteroatoms. The largest absolute Gasteiger partial charge is 0.334 e. The summed E-state index contributed by atoms with van der Waals surface area (Å²) in [5.41, 5.74) is 4.14.